The third kappa shape index (κ3) is 4.53. The summed E-state index contributed by atoms with van der Waals surface area (Å²) in [7, 11) is 0. The van der Waals surface area contributed by atoms with Crippen LogP contribution in [0.4, 0.5) is 11.4 Å². The second-order valence-corrected chi connectivity index (χ2v) is 5.40. The number of nitrogens with one attached hydrogen (secondary N) is 1. The molecule has 0 fully saturated rings. The van der Waals surface area contributed by atoms with Crippen molar-refractivity contribution >= 4 is 34.6 Å². The highest BCUT2D eigenvalue weighted by atomic mass is 35.5. The molecule has 19 heavy (non-hydrogen) atoms. The lowest BCUT2D eigenvalue weighted by Crippen LogP contribution is -2.33. The monoisotopic (exact) mass is 306 g/mol. The van der Waals surface area contributed by atoms with Gasteiger partial charge in [0.25, 0.3) is 5.69 Å². The lowest BCUT2D eigenvalue weighted by molar-refractivity contribution is -0.384. The van der Waals surface area contributed by atoms with E-state index >= 15 is 0 Å². The normalized spacial score (nSPS) is 11.4. The Labute approximate surface area is 122 Å². The maximum Gasteiger partial charge on any atom is 0.272 e. The average Bonchev–Trinajstić information content (AvgIpc) is 2.27. The molecule has 0 bridgehead atoms. The molecule has 0 radical (unpaired) electrons. The number of ether oxygens (including phenoxy) is 1. The largest absolute Gasteiger partial charge is 0.380 e. The minimum Gasteiger partial charge on any atom is -0.380 e. The van der Waals surface area contributed by atoms with Crippen molar-refractivity contribution in [1.29, 1.82) is 0 Å². The van der Waals surface area contributed by atoms with Gasteiger partial charge in [0, 0.05) is 25.3 Å². The predicted molar refractivity (Wildman–Crippen MR) is 77.3 cm³/mol. The van der Waals surface area contributed by atoms with Crippen molar-refractivity contribution in [2.45, 2.75) is 26.4 Å². The number of halogens is 2. The van der Waals surface area contributed by atoms with Crippen molar-refractivity contribution in [3.63, 3.8) is 0 Å². The molecule has 0 saturated heterocycles. The van der Waals surface area contributed by atoms with Crippen molar-refractivity contribution in [2.24, 2.45) is 0 Å². The summed E-state index contributed by atoms with van der Waals surface area (Å²) in [4.78, 5) is 10.1. The molecule has 1 aromatic carbocycles. The van der Waals surface area contributed by atoms with Gasteiger partial charge in [0.2, 0.25) is 0 Å². The minimum atomic E-state index is -0.536. The Morgan fingerprint density at radius 1 is 1.37 bits per heavy atom. The van der Waals surface area contributed by atoms with Gasteiger partial charge in [-0.2, -0.15) is 0 Å². The predicted octanol–water partition coefficient (Wildman–Crippen LogP) is 4.13. The molecule has 0 heterocycles. The number of nitro groups is 1. The summed E-state index contributed by atoms with van der Waals surface area (Å²) in [6, 6.07) is 2.53. The second-order valence-electron chi connectivity index (χ2n) is 4.59. The Bertz CT molecular complexity index is 455. The van der Waals surface area contributed by atoms with E-state index in [1.165, 1.54) is 12.1 Å². The Morgan fingerprint density at radius 3 is 2.32 bits per heavy atom. The van der Waals surface area contributed by atoms with Crippen LogP contribution in [0.3, 0.4) is 0 Å². The number of hydrogen-bond donors (Lipinski definition) is 1. The molecule has 0 aromatic heterocycles. The molecule has 0 aliphatic heterocycles. The number of rotatable bonds is 6. The highest BCUT2D eigenvalue weighted by Gasteiger charge is 2.20. The zero-order chi connectivity index (χ0) is 14.6. The van der Waals surface area contributed by atoms with Crippen LogP contribution >= 0.6 is 23.2 Å². The average molecular weight is 307 g/mol. The number of nitro benzene ring substituents is 1. The van der Waals surface area contributed by atoms with Gasteiger partial charge in [0.05, 0.1) is 26.3 Å². The van der Waals surface area contributed by atoms with Gasteiger partial charge in [-0.25, -0.2) is 0 Å². The quantitative estimate of drug-likeness (QED) is 0.634. The lowest BCUT2D eigenvalue weighted by Gasteiger charge is -2.26. The molecule has 0 spiro atoms. The fraction of sp³-hybridized carbons (Fsp3) is 0.500. The van der Waals surface area contributed by atoms with Gasteiger partial charge in [-0.1, -0.05) is 23.2 Å². The zero-order valence-electron chi connectivity index (χ0n) is 11.0. The number of anilines is 1. The Balaban J connectivity index is 2.88. The van der Waals surface area contributed by atoms with Gasteiger partial charge >= 0.3 is 0 Å². The SMILES string of the molecule is CCOC(C)(C)CNc1c(Cl)cc([N+](=O)[O-])cc1Cl. The smallest absolute Gasteiger partial charge is 0.272 e. The van der Waals surface area contributed by atoms with Gasteiger partial charge in [-0.05, 0) is 20.8 Å². The van der Waals surface area contributed by atoms with Crippen molar-refractivity contribution in [2.75, 3.05) is 18.5 Å². The Hall–Kier alpha value is -1.04. The molecule has 0 aliphatic rings. The standard InChI is InChI=1S/C12H16Cl2N2O3/c1-4-19-12(2,3)7-15-11-9(13)5-8(16(17)18)6-10(11)14/h5-6,15H,4,7H2,1-3H3. The fourth-order valence-electron chi connectivity index (χ4n) is 1.58. The van der Waals surface area contributed by atoms with Crippen LogP contribution in [-0.2, 0) is 4.74 Å². The molecule has 0 amide bonds. The Morgan fingerprint density at radius 2 is 1.89 bits per heavy atom. The summed E-state index contributed by atoms with van der Waals surface area (Å²) in [5.41, 5.74) is -0.0465. The molecular weight excluding hydrogens is 291 g/mol. The molecule has 1 aromatic rings. The van der Waals surface area contributed by atoms with E-state index in [0.29, 0.717) is 18.8 Å². The second kappa shape index (κ2) is 6.41. The summed E-state index contributed by atoms with van der Waals surface area (Å²) < 4.78 is 5.54. The van der Waals surface area contributed by atoms with Crippen LogP contribution in [-0.4, -0.2) is 23.7 Å². The Kier molecular flexibility index (Phi) is 5.40. The van der Waals surface area contributed by atoms with E-state index in [1.54, 1.807) is 0 Å². The maximum atomic E-state index is 10.7. The summed E-state index contributed by atoms with van der Waals surface area (Å²) in [6.07, 6.45) is 0. The summed E-state index contributed by atoms with van der Waals surface area (Å²) in [6.45, 7) is 6.84. The van der Waals surface area contributed by atoms with Gasteiger partial charge < -0.3 is 10.1 Å². The van der Waals surface area contributed by atoms with Gasteiger partial charge in [-0.3, -0.25) is 10.1 Å². The number of hydrogen-bond acceptors (Lipinski definition) is 4. The number of nitrogens with zero attached hydrogens (tertiary/aromatic N) is 1. The van der Waals surface area contributed by atoms with Crippen molar-refractivity contribution in [1.82, 2.24) is 0 Å². The molecule has 0 saturated carbocycles. The highest BCUT2D eigenvalue weighted by molar-refractivity contribution is 6.39. The minimum absolute atomic E-state index is 0.135. The van der Waals surface area contributed by atoms with Gasteiger partial charge in [0.15, 0.2) is 0 Å². The van der Waals surface area contributed by atoms with Crippen molar-refractivity contribution in [3.05, 3.63) is 32.3 Å². The van der Waals surface area contributed by atoms with Crippen LogP contribution in [0.1, 0.15) is 20.8 Å². The van der Waals surface area contributed by atoms with Crippen LogP contribution in [0, 0.1) is 10.1 Å². The fourth-order valence-corrected chi connectivity index (χ4v) is 2.19. The highest BCUT2D eigenvalue weighted by Crippen LogP contribution is 2.35. The van der Waals surface area contributed by atoms with E-state index < -0.39 is 4.92 Å². The first-order valence-corrected chi connectivity index (χ1v) is 6.53. The molecule has 106 valence electrons. The van der Waals surface area contributed by atoms with E-state index in [1.807, 2.05) is 20.8 Å². The van der Waals surface area contributed by atoms with Gasteiger partial charge in [-0.15, -0.1) is 0 Å². The summed E-state index contributed by atoms with van der Waals surface area (Å²) >= 11 is 12.0. The van der Waals surface area contributed by atoms with Crippen molar-refractivity contribution in [3.8, 4) is 0 Å². The van der Waals surface area contributed by atoms with E-state index in [2.05, 4.69) is 5.32 Å². The summed E-state index contributed by atoms with van der Waals surface area (Å²) in [5, 5.41) is 14.2. The van der Waals surface area contributed by atoms with Crippen LogP contribution in [0.15, 0.2) is 12.1 Å². The summed E-state index contributed by atoms with van der Waals surface area (Å²) in [5.74, 6) is 0. The molecule has 0 unspecified atom stereocenters. The van der Waals surface area contributed by atoms with E-state index in [0.717, 1.165) is 0 Å². The first-order valence-electron chi connectivity index (χ1n) is 5.78. The molecule has 0 aliphatic carbocycles. The van der Waals surface area contributed by atoms with Crippen LogP contribution in [0.25, 0.3) is 0 Å². The van der Waals surface area contributed by atoms with Crippen LogP contribution in [0.5, 0.6) is 0 Å². The number of benzene rings is 1. The molecule has 7 heteroatoms. The van der Waals surface area contributed by atoms with E-state index in [9.17, 15) is 10.1 Å². The maximum absolute atomic E-state index is 10.7. The lowest BCUT2D eigenvalue weighted by atomic mass is 10.1. The number of non-ortho nitro benzene ring substituents is 1. The third-order valence-electron chi connectivity index (χ3n) is 2.46. The molecular formula is C12H16Cl2N2O3. The van der Waals surface area contributed by atoms with Crippen LogP contribution < -0.4 is 5.32 Å². The molecule has 0 atom stereocenters. The van der Waals surface area contributed by atoms with E-state index in [-0.39, 0.29) is 21.3 Å². The first-order chi connectivity index (χ1) is 8.76. The van der Waals surface area contributed by atoms with Gasteiger partial charge in [0.1, 0.15) is 0 Å². The molecule has 5 nitrogen and oxygen atoms in total. The topological polar surface area (TPSA) is 64.4 Å². The zero-order valence-corrected chi connectivity index (χ0v) is 12.5. The van der Waals surface area contributed by atoms with Crippen molar-refractivity contribution < 1.29 is 9.66 Å². The molecule has 1 rings (SSSR count). The molecule has 1 N–H and O–H groups in total. The van der Waals surface area contributed by atoms with Crippen LogP contribution in [0.2, 0.25) is 10.0 Å². The first kappa shape index (κ1) is 16.0. The van der Waals surface area contributed by atoms with E-state index in [4.69, 9.17) is 27.9 Å². The third-order valence-corrected chi connectivity index (χ3v) is 3.06.